The fraction of sp³-hybridized carbons (Fsp3) is 0.0612. The first kappa shape index (κ1) is 29.2. The van der Waals surface area contributed by atoms with Crippen molar-refractivity contribution >= 4 is 71.7 Å². The Hall–Kier alpha value is -6.58. The smallest absolute Gasteiger partial charge is 0.143 e. The maximum absolute atomic E-state index is 6.55. The van der Waals surface area contributed by atoms with E-state index in [2.05, 4.69) is 176 Å². The fourth-order valence-corrected chi connectivity index (χ4v) is 8.94. The van der Waals surface area contributed by atoms with Crippen LogP contribution in [0.1, 0.15) is 25.0 Å². The standard InChI is InChI=1S/C49H33NO2/c1-49(2)39-18-7-5-14-35(39)36-17-9-20-41(47(36)49)50(40-19-11-23-44-46(40)37-15-6-8-21-42(37)51-44)32-27-24-31(25-28-32)33-16-10-22-43-45(33)38-29-26-30-12-3-4-13-34(30)48(38)52-43/h3-29H,1-2H3. The summed E-state index contributed by atoms with van der Waals surface area (Å²) >= 11 is 0. The Morgan fingerprint density at radius 1 is 0.442 bits per heavy atom. The zero-order valence-corrected chi connectivity index (χ0v) is 28.9. The van der Waals surface area contributed by atoms with Crippen LogP contribution in [0, 0.1) is 0 Å². The third-order valence-corrected chi connectivity index (χ3v) is 11.2. The van der Waals surface area contributed by atoms with Crippen LogP contribution in [0.15, 0.2) is 173 Å². The van der Waals surface area contributed by atoms with E-state index in [9.17, 15) is 0 Å². The van der Waals surface area contributed by atoms with E-state index < -0.39 is 0 Å². The van der Waals surface area contributed by atoms with E-state index in [-0.39, 0.29) is 5.41 Å². The molecule has 0 saturated carbocycles. The molecule has 0 N–H and O–H groups in total. The van der Waals surface area contributed by atoms with Crippen molar-refractivity contribution in [3.8, 4) is 22.3 Å². The SMILES string of the molecule is CC1(C)c2ccccc2-c2cccc(N(c3ccc(-c4cccc5oc6c7ccccc7ccc6c45)cc3)c3cccc4oc5ccccc5c34)c21. The third-order valence-electron chi connectivity index (χ3n) is 11.2. The van der Waals surface area contributed by atoms with Crippen molar-refractivity contribution in [3.63, 3.8) is 0 Å². The van der Waals surface area contributed by atoms with E-state index >= 15 is 0 Å². The van der Waals surface area contributed by atoms with Crippen molar-refractivity contribution in [1.82, 2.24) is 0 Å². The van der Waals surface area contributed by atoms with Crippen molar-refractivity contribution < 1.29 is 8.83 Å². The number of nitrogens with zero attached hydrogens (tertiary/aromatic N) is 1. The summed E-state index contributed by atoms with van der Waals surface area (Å²) in [6.45, 7) is 4.71. The summed E-state index contributed by atoms with van der Waals surface area (Å²) in [7, 11) is 0. The minimum atomic E-state index is -0.199. The van der Waals surface area contributed by atoms with Crippen LogP contribution >= 0.6 is 0 Å². The van der Waals surface area contributed by atoms with Crippen LogP contribution in [0.5, 0.6) is 0 Å². The molecule has 0 atom stereocenters. The lowest BCUT2D eigenvalue weighted by atomic mass is 9.81. The van der Waals surface area contributed by atoms with E-state index in [1.807, 2.05) is 6.07 Å². The Morgan fingerprint density at radius 3 is 1.98 bits per heavy atom. The summed E-state index contributed by atoms with van der Waals surface area (Å²) in [5.74, 6) is 0. The maximum atomic E-state index is 6.55. The maximum Gasteiger partial charge on any atom is 0.143 e. The number of hydrogen-bond acceptors (Lipinski definition) is 3. The molecule has 0 amide bonds. The van der Waals surface area contributed by atoms with E-state index in [1.54, 1.807) is 0 Å². The Morgan fingerprint density at radius 2 is 1.10 bits per heavy atom. The van der Waals surface area contributed by atoms with E-state index in [1.165, 1.54) is 33.3 Å². The molecule has 2 heterocycles. The molecule has 10 aromatic rings. The van der Waals surface area contributed by atoms with Gasteiger partial charge in [-0.2, -0.15) is 0 Å². The van der Waals surface area contributed by atoms with Crippen LogP contribution < -0.4 is 4.90 Å². The molecule has 0 bridgehead atoms. The molecule has 8 aromatic carbocycles. The largest absolute Gasteiger partial charge is 0.456 e. The first-order chi connectivity index (χ1) is 25.6. The molecule has 11 rings (SSSR count). The van der Waals surface area contributed by atoms with Crippen molar-refractivity contribution in [3.05, 3.63) is 175 Å². The Balaban J connectivity index is 1.14. The average Bonchev–Trinajstić information content (AvgIpc) is 3.84. The van der Waals surface area contributed by atoms with Gasteiger partial charge in [-0.05, 0) is 87.3 Å². The zero-order valence-electron chi connectivity index (χ0n) is 28.9. The average molecular weight is 668 g/mol. The lowest BCUT2D eigenvalue weighted by molar-refractivity contribution is 0.661. The highest BCUT2D eigenvalue weighted by atomic mass is 16.3. The van der Waals surface area contributed by atoms with Gasteiger partial charge in [0.15, 0.2) is 0 Å². The number of fused-ring (bicyclic) bond motifs is 11. The van der Waals surface area contributed by atoms with Gasteiger partial charge in [0.25, 0.3) is 0 Å². The van der Waals surface area contributed by atoms with Gasteiger partial charge in [-0.25, -0.2) is 0 Å². The molecule has 1 aliphatic carbocycles. The Labute approximate surface area is 301 Å². The predicted octanol–water partition coefficient (Wildman–Crippen LogP) is 14.1. The molecule has 0 fully saturated rings. The van der Waals surface area contributed by atoms with E-state index in [4.69, 9.17) is 8.83 Å². The topological polar surface area (TPSA) is 29.5 Å². The highest BCUT2D eigenvalue weighted by molar-refractivity contribution is 6.19. The minimum absolute atomic E-state index is 0.199. The van der Waals surface area contributed by atoms with Gasteiger partial charge in [0.2, 0.25) is 0 Å². The van der Waals surface area contributed by atoms with Gasteiger partial charge in [-0.3, -0.25) is 0 Å². The molecule has 3 heteroatoms. The fourth-order valence-electron chi connectivity index (χ4n) is 8.94. The molecule has 0 unspecified atom stereocenters. The molecule has 1 aliphatic rings. The second-order valence-corrected chi connectivity index (χ2v) is 14.4. The predicted molar refractivity (Wildman–Crippen MR) is 216 cm³/mol. The monoisotopic (exact) mass is 667 g/mol. The van der Waals surface area contributed by atoms with Gasteiger partial charge < -0.3 is 13.7 Å². The van der Waals surface area contributed by atoms with Crippen molar-refractivity contribution in [2.24, 2.45) is 0 Å². The normalized spacial score (nSPS) is 13.3. The number of hydrogen-bond donors (Lipinski definition) is 0. The number of para-hydroxylation sites is 1. The first-order valence-electron chi connectivity index (χ1n) is 17.9. The van der Waals surface area contributed by atoms with Gasteiger partial charge in [0.05, 0.1) is 16.8 Å². The molecule has 0 aliphatic heterocycles. The third kappa shape index (κ3) is 4.02. The molecular weight excluding hydrogens is 635 g/mol. The highest BCUT2D eigenvalue weighted by Crippen LogP contribution is 2.55. The van der Waals surface area contributed by atoms with Gasteiger partial charge in [0.1, 0.15) is 22.3 Å². The van der Waals surface area contributed by atoms with E-state index in [0.29, 0.717) is 0 Å². The molecule has 0 saturated heterocycles. The second-order valence-electron chi connectivity index (χ2n) is 14.4. The quantitative estimate of drug-likeness (QED) is 0.187. The van der Waals surface area contributed by atoms with Crippen LogP contribution in [-0.2, 0) is 5.41 Å². The molecule has 52 heavy (non-hydrogen) atoms. The lowest BCUT2D eigenvalue weighted by Crippen LogP contribution is -2.20. The number of benzene rings is 8. The molecule has 0 radical (unpaired) electrons. The summed E-state index contributed by atoms with van der Waals surface area (Å²) in [5, 5.41) is 6.80. The molecule has 3 nitrogen and oxygen atoms in total. The number of rotatable bonds is 4. The van der Waals surface area contributed by atoms with Crippen molar-refractivity contribution in [1.29, 1.82) is 0 Å². The number of furan rings is 2. The van der Waals surface area contributed by atoms with Gasteiger partial charge in [-0.1, -0.05) is 129 Å². The summed E-state index contributed by atoms with van der Waals surface area (Å²) in [4.78, 5) is 2.44. The minimum Gasteiger partial charge on any atom is -0.456 e. The Kier molecular flexibility index (Phi) is 6.01. The summed E-state index contributed by atoms with van der Waals surface area (Å²) in [5.41, 5.74) is 14.3. The molecule has 2 aromatic heterocycles. The first-order valence-corrected chi connectivity index (χ1v) is 17.9. The van der Waals surface area contributed by atoms with Gasteiger partial charge >= 0.3 is 0 Å². The summed E-state index contributed by atoms with van der Waals surface area (Å²) in [6.07, 6.45) is 0. The highest BCUT2D eigenvalue weighted by Gasteiger charge is 2.39. The van der Waals surface area contributed by atoms with Crippen LogP contribution in [0.25, 0.3) is 76.9 Å². The Bertz CT molecular complexity index is 3050. The lowest BCUT2D eigenvalue weighted by Gasteiger charge is -2.32. The van der Waals surface area contributed by atoms with Crippen molar-refractivity contribution in [2.75, 3.05) is 4.90 Å². The van der Waals surface area contributed by atoms with Crippen LogP contribution in [0.3, 0.4) is 0 Å². The van der Waals surface area contributed by atoms with Crippen molar-refractivity contribution in [2.45, 2.75) is 19.3 Å². The second kappa shape index (κ2) is 10.7. The van der Waals surface area contributed by atoms with Crippen LogP contribution in [0.4, 0.5) is 17.1 Å². The summed E-state index contributed by atoms with van der Waals surface area (Å²) in [6, 6.07) is 58.7. The number of anilines is 3. The molecule has 0 spiro atoms. The van der Waals surface area contributed by atoms with Gasteiger partial charge in [-0.15, -0.1) is 0 Å². The molecule has 246 valence electrons. The van der Waals surface area contributed by atoms with Crippen LogP contribution in [-0.4, -0.2) is 0 Å². The molecular formula is C49H33NO2. The van der Waals surface area contributed by atoms with Gasteiger partial charge in [0, 0.05) is 32.6 Å². The summed E-state index contributed by atoms with van der Waals surface area (Å²) < 4.78 is 13.0. The van der Waals surface area contributed by atoms with E-state index in [0.717, 1.165) is 71.8 Å². The zero-order chi connectivity index (χ0) is 34.6. The van der Waals surface area contributed by atoms with Crippen LogP contribution in [0.2, 0.25) is 0 Å².